The topological polar surface area (TPSA) is 115 Å². The molecule has 1 aromatic heterocycles. The number of rotatable bonds is 8. The Morgan fingerprint density at radius 2 is 1.89 bits per heavy atom. The van der Waals surface area contributed by atoms with Crippen molar-refractivity contribution < 1.29 is 26.9 Å². The van der Waals surface area contributed by atoms with E-state index in [0.717, 1.165) is 17.7 Å². The van der Waals surface area contributed by atoms with E-state index in [9.17, 15) is 17.6 Å². The first-order valence-corrected chi connectivity index (χ1v) is 13.2. The molecule has 1 N–H and O–H groups in total. The molecule has 0 atom stereocenters. The summed E-state index contributed by atoms with van der Waals surface area (Å²) in [7, 11) is -2.61. The highest BCUT2D eigenvalue weighted by atomic mass is 32.2. The number of nitrogens with one attached hydrogen (secondary N) is 1. The normalized spacial score (nSPS) is 15.2. The van der Waals surface area contributed by atoms with Crippen LogP contribution in [-0.4, -0.2) is 49.0 Å². The van der Waals surface area contributed by atoms with Crippen molar-refractivity contribution in [2.75, 3.05) is 25.5 Å². The number of sulfonamides is 1. The van der Waals surface area contributed by atoms with Crippen LogP contribution in [0.2, 0.25) is 0 Å². The fourth-order valence-corrected chi connectivity index (χ4v) is 5.69. The number of ether oxygens (including phenoxy) is 1. The van der Waals surface area contributed by atoms with Crippen LogP contribution in [0.1, 0.15) is 49.9 Å². The molecule has 36 heavy (non-hydrogen) atoms. The molecule has 9 nitrogen and oxygen atoms in total. The maximum Gasteiger partial charge on any atom is 0.246 e. The van der Waals surface area contributed by atoms with E-state index >= 15 is 0 Å². The molecule has 0 spiro atoms. The Balaban J connectivity index is 1.33. The molecule has 1 fully saturated rings. The molecule has 0 unspecified atom stereocenters. The van der Waals surface area contributed by atoms with Gasteiger partial charge in [-0.1, -0.05) is 31.1 Å². The van der Waals surface area contributed by atoms with Crippen LogP contribution >= 0.6 is 0 Å². The molecule has 3 aromatic rings. The summed E-state index contributed by atoms with van der Waals surface area (Å²) in [4.78, 5) is 17.0. The minimum Gasteiger partial charge on any atom is -0.495 e. The van der Waals surface area contributed by atoms with E-state index in [4.69, 9.17) is 9.26 Å². The third-order valence-electron chi connectivity index (χ3n) is 6.13. The Morgan fingerprint density at radius 1 is 1.19 bits per heavy atom. The van der Waals surface area contributed by atoms with Crippen molar-refractivity contribution in [2.24, 2.45) is 5.92 Å². The molecule has 11 heteroatoms. The molecular weight excluding hydrogens is 487 g/mol. The van der Waals surface area contributed by atoms with Crippen LogP contribution in [0.3, 0.4) is 0 Å². The molecule has 1 aliphatic rings. The van der Waals surface area contributed by atoms with Crippen molar-refractivity contribution in [3.63, 3.8) is 0 Å². The largest absolute Gasteiger partial charge is 0.495 e. The average molecular weight is 517 g/mol. The van der Waals surface area contributed by atoms with Gasteiger partial charge in [0.1, 0.15) is 16.5 Å². The summed E-state index contributed by atoms with van der Waals surface area (Å²) in [6, 6.07) is 10.8. The summed E-state index contributed by atoms with van der Waals surface area (Å²) in [5, 5.41) is 6.90. The summed E-state index contributed by atoms with van der Waals surface area (Å²) < 4.78 is 51.4. The van der Waals surface area contributed by atoms with Gasteiger partial charge < -0.3 is 14.6 Å². The number of anilines is 1. The second kappa shape index (κ2) is 10.8. The number of benzene rings is 2. The molecule has 0 radical (unpaired) electrons. The van der Waals surface area contributed by atoms with Gasteiger partial charge in [-0.05, 0) is 48.7 Å². The second-order valence-electron chi connectivity index (χ2n) is 9.04. The van der Waals surface area contributed by atoms with Crippen molar-refractivity contribution >= 4 is 21.6 Å². The SMILES string of the molecule is COc1ccc(F)cc1S(=O)(=O)N1CCC(C(=O)Nc2ccc(Cc3noc(C(C)C)n3)cc2)CC1. The average Bonchev–Trinajstić information content (AvgIpc) is 3.34. The van der Waals surface area contributed by atoms with E-state index in [1.807, 2.05) is 38.1 Å². The molecule has 1 amide bonds. The Labute approximate surface area is 209 Å². The Hall–Kier alpha value is -3.31. The van der Waals surface area contributed by atoms with Crippen LogP contribution in [-0.2, 0) is 21.2 Å². The predicted octanol–water partition coefficient (Wildman–Crippen LogP) is 3.97. The zero-order chi connectivity index (χ0) is 25.9. The summed E-state index contributed by atoms with van der Waals surface area (Å²) >= 11 is 0. The first kappa shape index (κ1) is 25.8. The molecular formula is C25H29FN4O5S. The van der Waals surface area contributed by atoms with Gasteiger partial charge in [-0.3, -0.25) is 4.79 Å². The molecule has 0 bridgehead atoms. The summed E-state index contributed by atoms with van der Waals surface area (Å²) in [6.45, 7) is 4.28. The lowest BCUT2D eigenvalue weighted by Crippen LogP contribution is -2.41. The third-order valence-corrected chi connectivity index (χ3v) is 8.05. The first-order valence-electron chi connectivity index (χ1n) is 11.7. The number of halogens is 1. The monoisotopic (exact) mass is 516 g/mol. The van der Waals surface area contributed by atoms with E-state index in [-0.39, 0.29) is 41.5 Å². The van der Waals surface area contributed by atoms with Crippen LogP contribution < -0.4 is 10.1 Å². The summed E-state index contributed by atoms with van der Waals surface area (Å²) in [6.07, 6.45) is 1.24. The van der Waals surface area contributed by atoms with Crippen LogP contribution in [0.5, 0.6) is 5.75 Å². The van der Waals surface area contributed by atoms with E-state index in [0.29, 0.717) is 36.7 Å². The second-order valence-corrected chi connectivity index (χ2v) is 10.9. The highest BCUT2D eigenvalue weighted by Crippen LogP contribution is 2.30. The number of carbonyl (C=O) groups is 1. The number of methoxy groups -OCH3 is 1. The van der Waals surface area contributed by atoms with Crippen LogP contribution in [0, 0.1) is 11.7 Å². The van der Waals surface area contributed by atoms with Gasteiger partial charge in [0.15, 0.2) is 5.82 Å². The van der Waals surface area contributed by atoms with Gasteiger partial charge in [0.05, 0.1) is 7.11 Å². The molecule has 2 aromatic carbocycles. The number of nitrogens with zero attached hydrogens (tertiary/aromatic N) is 3. The van der Waals surface area contributed by atoms with Crippen molar-refractivity contribution in [2.45, 2.75) is 43.9 Å². The predicted molar refractivity (Wildman–Crippen MR) is 131 cm³/mol. The number of hydrogen-bond acceptors (Lipinski definition) is 7. The molecule has 2 heterocycles. The van der Waals surface area contributed by atoms with E-state index in [2.05, 4.69) is 15.5 Å². The van der Waals surface area contributed by atoms with Crippen LogP contribution in [0.4, 0.5) is 10.1 Å². The smallest absolute Gasteiger partial charge is 0.246 e. The number of carbonyl (C=O) groups excluding carboxylic acids is 1. The fourth-order valence-electron chi connectivity index (χ4n) is 4.06. The van der Waals surface area contributed by atoms with Crippen LogP contribution in [0.15, 0.2) is 51.9 Å². The van der Waals surface area contributed by atoms with Gasteiger partial charge in [-0.15, -0.1) is 0 Å². The quantitative estimate of drug-likeness (QED) is 0.482. The Morgan fingerprint density at radius 3 is 2.50 bits per heavy atom. The number of amides is 1. The zero-order valence-corrected chi connectivity index (χ0v) is 21.2. The molecule has 0 saturated carbocycles. The van der Waals surface area contributed by atoms with Crippen molar-refractivity contribution in [3.05, 3.63) is 65.6 Å². The fraction of sp³-hybridized carbons (Fsp3) is 0.400. The van der Waals surface area contributed by atoms with Gasteiger partial charge >= 0.3 is 0 Å². The summed E-state index contributed by atoms with van der Waals surface area (Å²) in [5.41, 5.74) is 1.63. The van der Waals surface area contributed by atoms with Gasteiger partial charge in [-0.25, -0.2) is 12.8 Å². The van der Waals surface area contributed by atoms with Gasteiger partial charge in [0, 0.05) is 37.0 Å². The lowest BCUT2D eigenvalue weighted by Gasteiger charge is -2.30. The zero-order valence-electron chi connectivity index (χ0n) is 20.4. The molecule has 192 valence electrons. The first-order chi connectivity index (χ1) is 17.2. The van der Waals surface area contributed by atoms with Crippen molar-refractivity contribution in [3.8, 4) is 5.75 Å². The molecule has 1 aliphatic heterocycles. The summed E-state index contributed by atoms with van der Waals surface area (Å²) in [5.74, 6) is 0.296. The highest BCUT2D eigenvalue weighted by molar-refractivity contribution is 7.89. The molecule has 0 aliphatic carbocycles. The highest BCUT2D eigenvalue weighted by Gasteiger charge is 2.34. The van der Waals surface area contributed by atoms with E-state index in [1.54, 1.807) is 0 Å². The lowest BCUT2D eigenvalue weighted by molar-refractivity contribution is -0.120. The maximum atomic E-state index is 13.7. The standard InChI is InChI=1S/C25H29FN4O5S/c1-16(2)25-28-23(29-35-25)14-17-4-7-20(8-5-17)27-24(31)18-10-12-30(13-11-18)36(32,33)22-15-19(26)6-9-21(22)34-3/h4-9,15-16,18H,10-14H2,1-3H3,(H,27,31). The minimum absolute atomic E-state index is 0.0828. The number of hydrogen-bond donors (Lipinski definition) is 1. The number of aromatic nitrogens is 2. The number of piperidine rings is 1. The van der Waals surface area contributed by atoms with Crippen LogP contribution in [0.25, 0.3) is 0 Å². The van der Waals surface area contributed by atoms with Crippen molar-refractivity contribution in [1.82, 2.24) is 14.4 Å². The molecule has 4 rings (SSSR count). The van der Waals surface area contributed by atoms with Gasteiger partial charge in [-0.2, -0.15) is 9.29 Å². The maximum absolute atomic E-state index is 13.7. The van der Waals surface area contributed by atoms with Crippen molar-refractivity contribution in [1.29, 1.82) is 0 Å². The Bertz CT molecular complexity index is 1320. The third kappa shape index (κ3) is 5.73. The Kier molecular flexibility index (Phi) is 7.70. The minimum atomic E-state index is -3.95. The molecule has 1 saturated heterocycles. The lowest BCUT2D eigenvalue weighted by atomic mass is 9.97. The van der Waals surface area contributed by atoms with Gasteiger partial charge in [0.2, 0.25) is 21.8 Å². The van der Waals surface area contributed by atoms with E-state index in [1.165, 1.54) is 17.5 Å². The van der Waals surface area contributed by atoms with E-state index < -0.39 is 15.8 Å². The van der Waals surface area contributed by atoms with Gasteiger partial charge in [0.25, 0.3) is 0 Å².